The van der Waals surface area contributed by atoms with E-state index in [4.69, 9.17) is 35.4 Å². The van der Waals surface area contributed by atoms with E-state index >= 15 is 0 Å². The first-order valence-electron chi connectivity index (χ1n) is 6.08. The molecule has 0 fully saturated rings. The normalized spacial score (nSPS) is 12.8. The molecule has 2 aromatic heterocycles. The van der Waals surface area contributed by atoms with E-state index in [0.717, 1.165) is 16.7 Å². The van der Waals surface area contributed by atoms with Gasteiger partial charge in [-0.25, -0.2) is 4.98 Å². The monoisotopic (exact) mass is 323 g/mol. The Morgan fingerprint density at radius 1 is 1.30 bits per heavy atom. The molecule has 3 nitrogen and oxygen atoms in total. The Hall–Kier alpha value is -1.36. The van der Waals surface area contributed by atoms with Gasteiger partial charge in [-0.1, -0.05) is 41.4 Å². The molecule has 0 aliphatic heterocycles. The maximum Gasteiger partial charge on any atom is 0.179 e. The van der Waals surface area contributed by atoms with E-state index in [2.05, 4.69) is 9.97 Å². The largest absolute Gasteiger partial charge is 0.329 e. The van der Waals surface area contributed by atoms with Gasteiger partial charge in [0.15, 0.2) is 10.4 Å². The Morgan fingerprint density at radius 3 is 2.80 bits per heavy atom. The number of aromatic nitrogens is 3. The summed E-state index contributed by atoms with van der Waals surface area (Å²) in [7, 11) is 0. The number of rotatable bonds is 2. The van der Waals surface area contributed by atoms with E-state index in [1.807, 2.05) is 41.8 Å². The van der Waals surface area contributed by atoms with Crippen molar-refractivity contribution in [3.05, 3.63) is 56.9 Å². The number of hydrogen-bond acceptors (Lipinski definition) is 2. The van der Waals surface area contributed by atoms with Gasteiger partial charge >= 0.3 is 0 Å². The highest BCUT2D eigenvalue weighted by molar-refractivity contribution is 7.71. The number of nitrogens with zero attached hydrogens (tertiary/aromatic N) is 2. The zero-order valence-corrected chi connectivity index (χ0v) is 12.9. The van der Waals surface area contributed by atoms with Crippen molar-refractivity contribution < 1.29 is 0 Å². The number of halogens is 2. The Kier molecular flexibility index (Phi) is 3.54. The minimum Gasteiger partial charge on any atom is -0.329 e. The van der Waals surface area contributed by atoms with Crippen LogP contribution in [0.2, 0.25) is 10.0 Å². The second kappa shape index (κ2) is 5.20. The molecule has 0 saturated carbocycles. The van der Waals surface area contributed by atoms with Crippen LogP contribution in [0.4, 0.5) is 0 Å². The summed E-state index contributed by atoms with van der Waals surface area (Å²) in [6.07, 6.45) is 1.61. The molecule has 1 N–H and O–H groups in total. The zero-order chi connectivity index (χ0) is 14.3. The number of hydrogen-bond donors (Lipinski definition) is 1. The van der Waals surface area contributed by atoms with Crippen LogP contribution in [0.5, 0.6) is 0 Å². The number of imidazole rings is 1. The topological polar surface area (TPSA) is 33.6 Å². The Morgan fingerprint density at radius 2 is 2.05 bits per heavy atom. The number of benzene rings is 1. The lowest BCUT2D eigenvalue weighted by Crippen LogP contribution is -2.08. The molecule has 0 radical (unpaired) electrons. The molecule has 0 bridgehead atoms. The average molecular weight is 324 g/mol. The lowest BCUT2D eigenvalue weighted by atomic mass is 10.1. The molecule has 0 amide bonds. The van der Waals surface area contributed by atoms with Gasteiger partial charge in [-0.15, -0.1) is 0 Å². The van der Waals surface area contributed by atoms with Crippen LogP contribution in [-0.4, -0.2) is 14.5 Å². The number of aromatic amines is 1. The summed E-state index contributed by atoms with van der Waals surface area (Å²) in [6, 6.07) is 9.53. The number of fused-ring (bicyclic) bond motifs is 1. The molecular formula is C14H11Cl2N3S. The molecule has 20 heavy (non-hydrogen) atoms. The first kappa shape index (κ1) is 13.6. The first-order valence-corrected chi connectivity index (χ1v) is 7.24. The third-order valence-corrected chi connectivity index (χ3v) is 4.11. The van der Waals surface area contributed by atoms with Gasteiger partial charge < -0.3 is 4.98 Å². The maximum atomic E-state index is 6.27. The van der Waals surface area contributed by atoms with Crippen LogP contribution in [0.15, 0.2) is 36.5 Å². The van der Waals surface area contributed by atoms with Crippen molar-refractivity contribution in [2.75, 3.05) is 0 Å². The standard InChI is InChI=1S/C14H11Cl2N3S/c1-8(10-4-2-3-5-11(10)16)19-13-12(18-14(19)20)6-9(15)7-17-13/h2-8H,1H3,(H,18,20). The molecule has 2 heterocycles. The van der Waals surface area contributed by atoms with Gasteiger partial charge in [-0.2, -0.15) is 0 Å². The number of nitrogens with one attached hydrogen (secondary N) is 1. The minimum absolute atomic E-state index is 0.0152. The van der Waals surface area contributed by atoms with Crippen molar-refractivity contribution in [1.82, 2.24) is 14.5 Å². The molecule has 102 valence electrons. The van der Waals surface area contributed by atoms with Gasteiger partial charge in [0.05, 0.1) is 16.6 Å². The second-order valence-corrected chi connectivity index (χ2v) is 5.75. The Bertz CT molecular complexity index is 838. The van der Waals surface area contributed by atoms with Crippen LogP contribution in [0.25, 0.3) is 11.2 Å². The predicted octanol–water partition coefficient (Wildman–Crippen LogP) is 5.01. The number of pyridine rings is 1. The summed E-state index contributed by atoms with van der Waals surface area (Å²) in [6.45, 7) is 2.04. The lowest BCUT2D eigenvalue weighted by Gasteiger charge is -2.15. The van der Waals surface area contributed by atoms with Gasteiger partial charge in [0.1, 0.15) is 0 Å². The molecule has 1 unspecified atom stereocenters. The molecule has 0 aliphatic carbocycles. The smallest absolute Gasteiger partial charge is 0.179 e. The minimum atomic E-state index is -0.0152. The summed E-state index contributed by atoms with van der Waals surface area (Å²) in [5, 5.41) is 1.29. The van der Waals surface area contributed by atoms with E-state index in [1.165, 1.54) is 0 Å². The molecule has 1 aromatic carbocycles. The molecule has 0 spiro atoms. The molecular weight excluding hydrogens is 313 g/mol. The lowest BCUT2D eigenvalue weighted by molar-refractivity contribution is 0.644. The SMILES string of the molecule is CC(c1ccccc1Cl)n1c(=S)[nH]c2cc(Cl)cnc21. The van der Waals surface area contributed by atoms with Crippen molar-refractivity contribution in [3.8, 4) is 0 Å². The van der Waals surface area contributed by atoms with Crippen molar-refractivity contribution in [2.45, 2.75) is 13.0 Å². The van der Waals surface area contributed by atoms with Crippen LogP contribution >= 0.6 is 35.4 Å². The molecule has 0 saturated heterocycles. The zero-order valence-electron chi connectivity index (χ0n) is 10.6. The van der Waals surface area contributed by atoms with Crippen molar-refractivity contribution in [1.29, 1.82) is 0 Å². The van der Waals surface area contributed by atoms with E-state index in [1.54, 1.807) is 6.20 Å². The van der Waals surface area contributed by atoms with Crippen molar-refractivity contribution in [3.63, 3.8) is 0 Å². The highest BCUT2D eigenvalue weighted by Gasteiger charge is 2.16. The first-order chi connectivity index (χ1) is 9.58. The second-order valence-electron chi connectivity index (χ2n) is 4.52. The summed E-state index contributed by atoms with van der Waals surface area (Å²) < 4.78 is 2.55. The van der Waals surface area contributed by atoms with Crippen LogP contribution in [0.3, 0.4) is 0 Å². The molecule has 3 rings (SSSR count). The van der Waals surface area contributed by atoms with E-state index in [-0.39, 0.29) is 6.04 Å². The third kappa shape index (κ3) is 2.24. The Balaban J connectivity index is 2.22. The fraction of sp³-hybridized carbons (Fsp3) is 0.143. The average Bonchev–Trinajstić information content (AvgIpc) is 2.73. The fourth-order valence-corrected chi connectivity index (χ4v) is 3.11. The third-order valence-electron chi connectivity index (χ3n) is 3.26. The van der Waals surface area contributed by atoms with Gasteiger partial charge in [0, 0.05) is 11.2 Å². The van der Waals surface area contributed by atoms with Crippen LogP contribution in [0, 0.1) is 4.77 Å². The van der Waals surface area contributed by atoms with Gasteiger partial charge in [-0.05, 0) is 36.8 Å². The van der Waals surface area contributed by atoms with Gasteiger partial charge in [-0.3, -0.25) is 4.57 Å². The summed E-state index contributed by atoms with van der Waals surface area (Å²) >= 11 is 17.6. The van der Waals surface area contributed by atoms with Crippen molar-refractivity contribution >= 4 is 46.6 Å². The molecule has 0 aliphatic rings. The van der Waals surface area contributed by atoms with E-state index in [0.29, 0.717) is 14.8 Å². The quantitative estimate of drug-likeness (QED) is 0.672. The van der Waals surface area contributed by atoms with Gasteiger partial charge in [0.25, 0.3) is 0 Å². The maximum absolute atomic E-state index is 6.27. The highest BCUT2D eigenvalue weighted by Crippen LogP contribution is 2.28. The highest BCUT2D eigenvalue weighted by atomic mass is 35.5. The summed E-state index contributed by atoms with van der Waals surface area (Å²) in [5.41, 5.74) is 2.59. The summed E-state index contributed by atoms with van der Waals surface area (Å²) in [5.74, 6) is 0. The number of H-pyrrole nitrogens is 1. The van der Waals surface area contributed by atoms with Crippen LogP contribution in [0.1, 0.15) is 18.5 Å². The predicted molar refractivity (Wildman–Crippen MR) is 85.2 cm³/mol. The summed E-state index contributed by atoms with van der Waals surface area (Å²) in [4.78, 5) is 7.49. The molecule has 6 heteroatoms. The Labute approximate surface area is 131 Å². The fourth-order valence-electron chi connectivity index (χ4n) is 2.30. The van der Waals surface area contributed by atoms with Crippen LogP contribution in [-0.2, 0) is 0 Å². The van der Waals surface area contributed by atoms with Crippen molar-refractivity contribution in [2.24, 2.45) is 0 Å². The van der Waals surface area contributed by atoms with E-state index < -0.39 is 0 Å². The van der Waals surface area contributed by atoms with Gasteiger partial charge in [0.2, 0.25) is 0 Å². The molecule has 1 atom stereocenters. The van der Waals surface area contributed by atoms with E-state index in [9.17, 15) is 0 Å². The van der Waals surface area contributed by atoms with Crippen LogP contribution < -0.4 is 0 Å². The molecule has 3 aromatic rings.